The van der Waals surface area contributed by atoms with Crippen LogP contribution in [0.25, 0.3) is 6.08 Å². The van der Waals surface area contributed by atoms with E-state index in [9.17, 15) is 23.3 Å². The molecule has 1 fully saturated rings. The van der Waals surface area contributed by atoms with Crippen LogP contribution in [0.5, 0.6) is 0 Å². The summed E-state index contributed by atoms with van der Waals surface area (Å²) in [5.74, 6) is -0.298. The Hall–Kier alpha value is -2.46. The van der Waals surface area contributed by atoms with Crippen LogP contribution in [0, 0.1) is 10.1 Å². The van der Waals surface area contributed by atoms with Gasteiger partial charge in [0.15, 0.2) is 0 Å². The van der Waals surface area contributed by atoms with Gasteiger partial charge in [-0.3, -0.25) is 14.9 Å². The fourth-order valence-electron chi connectivity index (χ4n) is 2.95. The Labute approximate surface area is 183 Å². The third-order valence-electron chi connectivity index (χ3n) is 4.58. The number of rotatable bonds is 5. The summed E-state index contributed by atoms with van der Waals surface area (Å²) in [4.78, 5) is 24.3. The maximum Gasteiger partial charge on any atom is 0.270 e. The fourth-order valence-corrected chi connectivity index (χ4v) is 4.76. The number of hydrogen-bond acceptors (Lipinski definition) is 5. The van der Waals surface area contributed by atoms with Crippen molar-refractivity contribution in [3.63, 3.8) is 0 Å². The monoisotopic (exact) mass is 469 g/mol. The van der Waals surface area contributed by atoms with Crippen LogP contribution in [0.4, 0.5) is 5.69 Å². The van der Waals surface area contributed by atoms with Crippen molar-refractivity contribution in [3.05, 3.63) is 74.3 Å². The highest BCUT2D eigenvalue weighted by molar-refractivity contribution is 7.89. The van der Waals surface area contributed by atoms with Crippen molar-refractivity contribution < 1.29 is 18.1 Å². The van der Waals surface area contributed by atoms with Crippen LogP contribution in [0.2, 0.25) is 10.0 Å². The Bertz CT molecular complexity index is 1110. The number of carbonyl (C=O) groups is 1. The number of hydrogen-bond donors (Lipinski definition) is 0. The number of nitrogens with zero attached hydrogens (tertiary/aromatic N) is 3. The average molecular weight is 470 g/mol. The van der Waals surface area contributed by atoms with Crippen molar-refractivity contribution in [1.29, 1.82) is 0 Å². The van der Waals surface area contributed by atoms with Crippen molar-refractivity contribution in [2.24, 2.45) is 0 Å². The van der Waals surface area contributed by atoms with Gasteiger partial charge in [-0.05, 0) is 29.8 Å². The first kappa shape index (κ1) is 22.2. The lowest BCUT2D eigenvalue weighted by Gasteiger charge is -2.33. The summed E-state index contributed by atoms with van der Waals surface area (Å²) >= 11 is 11.8. The van der Waals surface area contributed by atoms with Gasteiger partial charge < -0.3 is 4.90 Å². The van der Waals surface area contributed by atoms with Crippen molar-refractivity contribution in [2.75, 3.05) is 26.2 Å². The standard InChI is InChI=1S/C19H17Cl2N3O5S/c20-17-6-5-16(13-18(17)21)30(28,29)23-10-8-22(9-11-23)19(25)7-4-14-2-1-3-15(12-14)24(26)27/h1-7,12-13H,8-11H2/b7-4+. The summed E-state index contributed by atoms with van der Waals surface area (Å²) in [5, 5.41) is 11.2. The second kappa shape index (κ2) is 9.13. The van der Waals surface area contributed by atoms with Crippen LogP contribution in [-0.2, 0) is 14.8 Å². The van der Waals surface area contributed by atoms with Crippen LogP contribution < -0.4 is 0 Å². The first-order chi connectivity index (χ1) is 14.2. The molecule has 1 amide bonds. The predicted octanol–water partition coefficient (Wildman–Crippen LogP) is 3.45. The molecule has 0 saturated carbocycles. The zero-order chi connectivity index (χ0) is 21.9. The van der Waals surface area contributed by atoms with E-state index in [1.54, 1.807) is 6.07 Å². The van der Waals surface area contributed by atoms with Gasteiger partial charge in [0, 0.05) is 44.4 Å². The molecule has 8 nitrogen and oxygen atoms in total. The van der Waals surface area contributed by atoms with Gasteiger partial charge in [0.2, 0.25) is 15.9 Å². The SMILES string of the molecule is O=C(/C=C/c1cccc([N+](=O)[O-])c1)N1CCN(S(=O)(=O)c2ccc(Cl)c(Cl)c2)CC1. The number of non-ortho nitro benzene ring substituents is 1. The molecule has 0 atom stereocenters. The van der Waals surface area contributed by atoms with Gasteiger partial charge in [0.25, 0.3) is 5.69 Å². The summed E-state index contributed by atoms with van der Waals surface area (Å²) in [5.41, 5.74) is 0.462. The molecule has 0 radical (unpaired) electrons. The van der Waals surface area contributed by atoms with Crippen LogP contribution in [0.3, 0.4) is 0 Å². The molecule has 2 aromatic rings. The molecule has 30 heavy (non-hydrogen) atoms. The van der Waals surface area contributed by atoms with Crippen LogP contribution in [0.1, 0.15) is 5.56 Å². The molecule has 158 valence electrons. The minimum atomic E-state index is -3.75. The van der Waals surface area contributed by atoms with Gasteiger partial charge in [-0.25, -0.2) is 8.42 Å². The lowest BCUT2D eigenvalue weighted by Crippen LogP contribution is -2.50. The maximum absolute atomic E-state index is 12.8. The molecule has 0 bridgehead atoms. The van der Waals surface area contributed by atoms with Gasteiger partial charge in [-0.2, -0.15) is 4.31 Å². The molecule has 3 rings (SSSR count). The molecular weight excluding hydrogens is 453 g/mol. The normalized spacial score (nSPS) is 15.5. The molecule has 0 N–H and O–H groups in total. The molecule has 0 unspecified atom stereocenters. The number of nitro groups is 1. The lowest BCUT2D eigenvalue weighted by atomic mass is 10.2. The van der Waals surface area contributed by atoms with Crippen molar-refractivity contribution in [2.45, 2.75) is 4.90 Å². The van der Waals surface area contributed by atoms with E-state index in [1.807, 2.05) is 0 Å². The Balaban J connectivity index is 1.63. The molecule has 1 saturated heterocycles. The van der Waals surface area contributed by atoms with Crippen LogP contribution in [-0.4, -0.2) is 54.6 Å². The van der Waals surface area contributed by atoms with Crippen molar-refractivity contribution in [3.8, 4) is 0 Å². The molecule has 1 aliphatic heterocycles. The number of carbonyl (C=O) groups excluding carboxylic acids is 1. The van der Waals surface area contributed by atoms with Crippen molar-refractivity contribution in [1.82, 2.24) is 9.21 Å². The Kier molecular flexibility index (Phi) is 6.77. The Morgan fingerprint density at radius 1 is 1.03 bits per heavy atom. The number of amides is 1. The number of halogens is 2. The van der Waals surface area contributed by atoms with E-state index in [0.717, 1.165) is 0 Å². The van der Waals surface area contributed by atoms with E-state index < -0.39 is 14.9 Å². The summed E-state index contributed by atoms with van der Waals surface area (Å²) in [6, 6.07) is 10.0. The summed E-state index contributed by atoms with van der Waals surface area (Å²) in [6.07, 6.45) is 2.82. The number of benzene rings is 2. The van der Waals surface area contributed by atoms with Gasteiger partial charge in [-0.15, -0.1) is 0 Å². The number of sulfonamides is 1. The van der Waals surface area contributed by atoms with E-state index in [-0.39, 0.29) is 52.7 Å². The summed E-state index contributed by atoms with van der Waals surface area (Å²) < 4.78 is 26.8. The maximum atomic E-state index is 12.8. The number of nitro benzene ring substituents is 1. The highest BCUT2D eigenvalue weighted by Gasteiger charge is 2.30. The molecule has 0 aliphatic carbocycles. The van der Waals surface area contributed by atoms with Crippen molar-refractivity contribution >= 4 is 50.9 Å². The number of piperazine rings is 1. The lowest BCUT2D eigenvalue weighted by molar-refractivity contribution is -0.384. The minimum absolute atomic E-state index is 0.0437. The molecule has 2 aromatic carbocycles. The van der Waals surface area contributed by atoms with E-state index >= 15 is 0 Å². The zero-order valence-corrected chi connectivity index (χ0v) is 17.9. The first-order valence-corrected chi connectivity index (χ1v) is 11.0. The predicted molar refractivity (Wildman–Crippen MR) is 114 cm³/mol. The topological polar surface area (TPSA) is 101 Å². The van der Waals surface area contributed by atoms with E-state index in [1.165, 1.54) is 57.8 Å². The highest BCUT2D eigenvalue weighted by atomic mass is 35.5. The largest absolute Gasteiger partial charge is 0.337 e. The van der Waals surface area contributed by atoms with Gasteiger partial charge in [0.1, 0.15) is 0 Å². The highest BCUT2D eigenvalue weighted by Crippen LogP contribution is 2.27. The molecule has 1 aliphatic rings. The Morgan fingerprint density at radius 2 is 1.73 bits per heavy atom. The second-order valence-corrected chi connectivity index (χ2v) is 9.24. The zero-order valence-electron chi connectivity index (χ0n) is 15.6. The van der Waals surface area contributed by atoms with E-state index in [0.29, 0.717) is 5.56 Å². The Morgan fingerprint density at radius 3 is 2.37 bits per heavy atom. The fraction of sp³-hybridized carbons (Fsp3) is 0.211. The molecule has 0 aromatic heterocycles. The molecule has 0 spiro atoms. The quantitative estimate of drug-likeness (QED) is 0.379. The van der Waals surface area contributed by atoms with Crippen LogP contribution in [0.15, 0.2) is 53.4 Å². The van der Waals surface area contributed by atoms with E-state index in [2.05, 4.69) is 0 Å². The third-order valence-corrected chi connectivity index (χ3v) is 7.21. The third kappa shape index (κ3) is 4.99. The van der Waals surface area contributed by atoms with Crippen LogP contribution >= 0.6 is 23.2 Å². The first-order valence-electron chi connectivity index (χ1n) is 8.85. The van der Waals surface area contributed by atoms with Gasteiger partial charge in [-0.1, -0.05) is 35.3 Å². The second-order valence-electron chi connectivity index (χ2n) is 6.49. The summed E-state index contributed by atoms with van der Waals surface area (Å²) in [6.45, 7) is 0.718. The summed E-state index contributed by atoms with van der Waals surface area (Å²) in [7, 11) is -3.75. The van der Waals surface area contributed by atoms with E-state index in [4.69, 9.17) is 23.2 Å². The average Bonchev–Trinajstić information content (AvgIpc) is 2.74. The minimum Gasteiger partial charge on any atom is -0.337 e. The van der Waals surface area contributed by atoms with Gasteiger partial charge in [0.05, 0.1) is 19.9 Å². The molecule has 1 heterocycles. The molecule has 11 heteroatoms. The van der Waals surface area contributed by atoms with Gasteiger partial charge >= 0.3 is 0 Å². The molecular formula is C19H17Cl2N3O5S. The smallest absolute Gasteiger partial charge is 0.270 e.